The van der Waals surface area contributed by atoms with Crippen molar-refractivity contribution in [1.29, 1.82) is 0 Å². The molecule has 6 nitrogen and oxygen atoms in total. The van der Waals surface area contributed by atoms with Gasteiger partial charge in [-0.2, -0.15) is 0 Å². The highest BCUT2D eigenvalue weighted by Crippen LogP contribution is 2.62. The topological polar surface area (TPSA) is 84.5 Å². The Balaban J connectivity index is 1.19. The van der Waals surface area contributed by atoms with Crippen LogP contribution in [0.15, 0.2) is 54.6 Å². The summed E-state index contributed by atoms with van der Waals surface area (Å²) < 4.78 is 5.54. The average molecular weight is 447 g/mol. The van der Waals surface area contributed by atoms with Crippen molar-refractivity contribution in [2.45, 2.75) is 51.0 Å². The second-order valence-electron chi connectivity index (χ2n) is 10.3. The maximum atomic E-state index is 13.2. The van der Waals surface area contributed by atoms with Crippen LogP contribution in [0.1, 0.15) is 45.4 Å². The Morgan fingerprint density at radius 1 is 0.909 bits per heavy atom. The molecule has 4 aliphatic rings. The second-order valence-corrected chi connectivity index (χ2v) is 10.3. The van der Waals surface area contributed by atoms with Gasteiger partial charge in [0, 0.05) is 18.2 Å². The zero-order valence-electron chi connectivity index (χ0n) is 18.9. The van der Waals surface area contributed by atoms with E-state index in [4.69, 9.17) is 4.74 Å². The van der Waals surface area contributed by atoms with Crippen molar-refractivity contribution < 1.29 is 19.1 Å². The van der Waals surface area contributed by atoms with Gasteiger partial charge in [0.15, 0.2) is 6.61 Å². The van der Waals surface area contributed by atoms with E-state index in [2.05, 4.69) is 10.6 Å². The highest BCUT2D eigenvalue weighted by atomic mass is 16.5. The quantitative estimate of drug-likeness (QED) is 0.648. The number of esters is 1. The number of carbonyl (C=O) groups excluding carboxylic acids is 3. The van der Waals surface area contributed by atoms with Crippen molar-refractivity contribution in [2.75, 3.05) is 11.9 Å². The first-order valence-corrected chi connectivity index (χ1v) is 11.8. The van der Waals surface area contributed by atoms with Crippen LogP contribution in [0.3, 0.4) is 0 Å². The van der Waals surface area contributed by atoms with Gasteiger partial charge in [-0.15, -0.1) is 0 Å². The van der Waals surface area contributed by atoms with Crippen molar-refractivity contribution >= 4 is 23.5 Å². The first kappa shape index (κ1) is 21.7. The number of rotatable bonds is 6. The number of hydrogen-bond acceptors (Lipinski definition) is 4. The summed E-state index contributed by atoms with van der Waals surface area (Å²) in [5.41, 5.74) is 1.96. The molecular formula is C27H30N2O4. The van der Waals surface area contributed by atoms with Crippen LogP contribution in [0.25, 0.3) is 11.1 Å². The van der Waals surface area contributed by atoms with Crippen LogP contribution < -0.4 is 10.6 Å². The Hall–Kier alpha value is -3.15. The summed E-state index contributed by atoms with van der Waals surface area (Å²) in [6.07, 6.45) is 5.22. The van der Waals surface area contributed by atoms with E-state index in [1.54, 1.807) is 6.92 Å². The number of benzene rings is 2. The lowest BCUT2D eigenvalue weighted by atomic mass is 9.47. The monoisotopic (exact) mass is 446 g/mol. The molecule has 0 radical (unpaired) electrons. The van der Waals surface area contributed by atoms with Crippen LogP contribution in [0.2, 0.25) is 0 Å². The third-order valence-corrected chi connectivity index (χ3v) is 7.55. The van der Waals surface area contributed by atoms with Gasteiger partial charge in [0.25, 0.3) is 5.91 Å². The molecule has 4 aliphatic carbocycles. The van der Waals surface area contributed by atoms with Gasteiger partial charge in [-0.05, 0) is 73.6 Å². The van der Waals surface area contributed by atoms with Gasteiger partial charge in [-0.1, -0.05) is 42.5 Å². The van der Waals surface area contributed by atoms with E-state index < -0.39 is 5.41 Å². The molecule has 6 heteroatoms. The number of anilines is 1. The third kappa shape index (κ3) is 4.39. The largest absolute Gasteiger partial charge is 0.455 e. The fourth-order valence-electron chi connectivity index (χ4n) is 6.88. The van der Waals surface area contributed by atoms with Gasteiger partial charge in [0.2, 0.25) is 5.91 Å². The van der Waals surface area contributed by atoms with Gasteiger partial charge < -0.3 is 15.4 Å². The summed E-state index contributed by atoms with van der Waals surface area (Å²) in [5.74, 6) is 0.182. The van der Waals surface area contributed by atoms with Crippen LogP contribution in [0, 0.1) is 17.3 Å². The lowest BCUT2D eigenvalue weighted by Crippen LogP contribution is -2.64. The standard InChI is InChI=1S/C27H30N2O4/c1-18(30)29-27-14-19-11-20(15-27)13-26(12-19,17-27)25(32)33-16-24(31)28-23-9-7-22(8-10-23)21-5-3-2-4-6-21/h2-10,19-20H,11-17H2,1H3,(H,28,31)(H,29,30). The Kier molecular flexibility index (Phi) is 5.47. The fourth-order valence-corrected chi connectivity index (χ4v) is 6.88. The van der Waals surface area contributed by atoms with Gasteiger partial charge in [-0.25, -0.2) is 0 Å². The van der Waals surface area contributed by atoms with Gasteiger partial charge in [0.05, 0.1) is 5.41 Å². The SMILES string of the molecule is CC(=O)NC12CC3CC(C1)CC(C(=O)OCC(=O)Nc1ccc(-c4ccccc4)cc1)(C3)C2. The molecule has 2 amide bonds. The molecule has 2 unspecified atom stereocenters. The van der Waals surface area contributed by atoms with E-state index in [1.165, 1.54) is 0 Å². The summed E-state index contributed by atoms with van der Waals surface area (Å²) in [7, 11) is 0. The Morgan fingerprint density at radius 3 is 2.18 bits per heavy atom. The predicted molar refractivity (Wildman–Crippen MR) is 125 cm³/mol. The van der Waals surface area contributed by atoms with E-state index in [-0.39, 0.29) is 29.9 Å². The fraction of sp³-hybridized carbons (Fsp3) is 0.444. The van der Waals surface area contributed by atoms with Crippen LogP contribution in [-0.2, 0) is 19.1 Å². The molecule has 2 aromatic carbocycles. The number of amides is 2. The number of carbonyl (C=O) groups is 3. The maximum Gasteiger partial charge on any atom is 0.312 e. The molecule has 0 saturated heterocycles. The molecular weight excluding hydrogens is 416 g/mol. The molecule has 0 heterocycles. The van der Waals surface area contributed by atoms with Crippen LogP contribution in [-0.4, -0.2) is 29.9 Å². The van der Waals surface area contributed by atoms with Crippen LogP contribution in [0.5, 0.6) is 0 Å². The minimum absolute atomic E-state index is 0.0434. The minimum atomic E-state index is -0.579. The molecule has 0 spiro atoms. The molecule has 6 rings (SSSR count). The molecule has 4 bridgehead atoms. The van der Waals surface area contributed by atoms with Crippen molar-refractivity contribution in [3.05, 3.63) is 54.6 Å². The third-order valence-electron chi connectivity index (χ3n) is 7.55. The molecule has 0 aliphatic heterocycles. The number of hydrogen-bond donors (Lipinski definition) is 2. The zero-order valence-corrected chi connectivity index (χ0v) is 18.9. The minimum Gasteiger partial charge on any atom is -0.455 e. The molecule has 4 fully saturated rings. The van der Waals surface area contributed by atoms with E-state index >= 15 is 0 Å². The number of ether oxygens (including phenoxy) is 1. The lowest BCUT2D eigenvalue weighted by Gasteiger charge is -2.60. The Labute approximate surface area is 194 Å². The molecule has 2 atom stereocenters. The molecule has 4 saturated carbocycles. The van der Waals surface area contributed by atoms with E-state index in [0.29, 0.717) is 23.9 Å². The van der Waals surface area contributed by atoms with E-state index in [1.807, 2.05) is 54.6 Å². The van der Waals surface area contributed by atoms with Crippen molar-refractivity contribution in [1.82, 2.24) is 5.32 Å². The molecule has 33 heavy (non-hydrogen) atoms. The normalized spacial score (nSPS) is 29.4. The summed E-state index contributed by atoms with van der Waals surface area (Å²) in [6, 6.07) is 17.6. The molecule has 172 valence electrons. The highest BCUT2D eigenvalue weighted by Gasteiger charge is 2.61. The van der Waals surface area contributed by atoms with Gasteiger partial charge in [0.1, 0.15) is 0 Å². The molecule has 0 aromatic heterocycles. The van der Waals surface area contributed by atoms with Gasteiger partial charge >= 0.3 is 5.97 Å². The first-order chi connectivity index (χ1) is 15.8. The second kappa shape index (κ2) is 8.32. The van der Waals surface area contributed by atoms with Crippen molar-refractivity contribution in [2.24, 2.45) is 17.3 Å². The van der Waals surface area contributed by atoms with Crippen molar-refractivity contribution in [3.8, 4) is 11.1 Å². The predicted octanol–water partition coefficient (Wildman–Crippen LogP) is 4.31. The highest BCUT2D eigenvalue weighted by molar-refractivity contribution is 5.93. The summed E-state index contributed by atoms with van der Waals surface area (Å²) in [6.45, 7) is 1.24. The lowest BCUT2D eigenvalue weighted by molar-refractivity contribution is -0.176. The summed E-state index contributed by atoms with van der Waals surface area (Å²) in [4.78, 5) is 37.4. The molecule has 2 N–H and O–H groups in total. The smallest absolute Gasteiger partial charge is 0.312 e. The van der Waals surface area contributed by atoms with Gasteiger partial charge in [-0.3, -0.25) is 14.4 Å². The average Bonchev–Trinajstić information content (AvgIpc) is 2.77. The van der Waals surface area contributed by atoms with E-state index in [9.17, 15) is 14.4 Å². The summed E-state index contributed by atoms with van der Waals surface area (Å²) in [5, 5.41) is 5.97. The van der Waals surface area contributed by atoms with Crippen LogP contribution >= 0.6 is 0 Å². The van der Waals surface area contributed by atoms with E-state index in [0.717, 1.165) is 43.2 Å². The Bertz CT molecular complexity index is 1050. The first-order valence-electron chi connectivity index (χ1n) is 11.8. The maximum absolute atomic E-state index is 13.2. The Morgan fingerprint density at radius 2 is 1.55 bits per heavy atom. The zero-order chi connectivity index (χ0) is 23.1. The summed E-state index contributed by atoms with van der Waals surface area (Å²) >= 11 is 0. The van der Waals surface area contributed by atoms with Crippen LogP contribution in [0.4, 0.5) is 5.69 Å². The molecule has 2 aromatic rings. The van der Waals surface area contributed by atoms with Crippen molar-refractivity contribution in [3.63, 3.8) is 0 Å². The number of nitrogens with one attached hydrogen (secondary N) is 2.